The summed E-state index contributed by atoms with van der Waals surface area (Å²) in [5, 5.41) is 9.44. The Labute approximate surface area is 144 Å². The molecule has 1 aromatic carbocycles. The summed E-state index contributed by atoms with van der Waals surface area (Å²) in [5.74, 6) is 1.08. The maximum Gasteiger partial charge on any atom is 0.256 e. The molecule has 0 fully saturated rings. The second kappa shape index (κ2) is 6.38. The van der Waals surface area contributed by atoms with E-state index in [0.717, 1.165) is 5.56 Å². The summed E-state index contributed by atoms with van der Waals surface area (Å²) in [6.45, 7) is 0.627. The smallest absolute Gasteiger partial charge is 0.256 e. The molecule has 0 radical (unpaired) electrons. The van der Waals surface area contributed by atoms with Gasteiger partial charge in [-0.05, 0) is 12.1 Å². The first kappa shape index (κ1) is 16.1. The van der Waals surface area contributed by atoms with Gasteiger partial charge in [0.2, 0.25) is 0 Å². The predicted octanol–water partition coefficient (Wildman–Crippen LogP) is 2.78. The number of carbonyl (C=O) groups excluding carboxylic acids is 1. The zero-order chi connectivity index (χ0) is 17.3. The van der Waals surface area contributed by atoms with E-state index in [9.17, 15) is 10.1 Å². The highest BCUT2D eigenvalue weighted by Crippen LogP contribution is 2.33. The Morgan fingerprint density at radius 2 is 2.17 bits per heavy atom. The van der Waals surface area contributed by atoms with Gasteiger partial charge in [0.15, 0.2) is 0 Å². The fourth-order valence-corrected chi connectivity index (χ4v) is 2.99. The fourth-order valence-electron chi connectivity index (χ4n) is 2.74. The first-order valence-electron chi connectivity index (χ1n) is 7.16. The number of rotatable bonds is 4. The van der Waals surface area contributed by atoms with E-state index in [1.54, 1.807) is 31.3 Å². The first-order valence-corrected chi connectivity index (χ1v) is 7.54. The third-order valence-corrected chi connectivity index (χ3v) is 4.23. The number of nitriles is 1. The summed E-state index contributed by atoms with van der Waals surface area (Å²) >= 11 is 6.10. The first-order chi connectivity index (χ1) is 11.6. The lowest BCUT2D eigenvalue weighted by atomic mass is 10.1. The number of halogens is 1. The van der Waals surface area contributed by atoms with Crippen LogP contribution in [0.3, 0.4) is 0 Å². The number of pyridine rings is 1. The minimum atomic E-state index is -0.216. The van der Waals surface area contributed by atoms with Crippen molar-refractivity contribution in [3.63, 3.8) is 0 Å². The van der Waals surface area contributed by atoms with Crippen LogP contribution in [-0.2, 0) is 13.1 Å². The number of fused-ring (bicyclic) bond motifs is 1. The summed E-state index contributed by atoms with van der Waals surface area (Å²) in [5.41, 5.74) is 1.99. The maximum atomic E-state index is 12.7. The quantitative estimate of drug-likeness (QED) is 0.853. The van der Waals surface area contributed by atoms with Crippen molar-refractivity contribution in [2.45, 2.75) is 13.1 Å². The van der Waals surface area contributed by atoms with Gasteiger partial charge in [0.25, 0.3) is 5.91 Å². The molecular formula is C17H14ClN3O3. The van der Waals surface area contributed by atoms with Crippen LogP contribution in [0.5, 0.6) is 11.5 Å². The lowest BCUT2D eigenvalue weighted by Crippen LogP contribution is -2.23. The predicted molar refractivity (Wildman–Crippen MR) is 87.1 cm³/mol. The molecule has 0 bridgehead atoms. The number of aromatic nitrogens is 1. The van der Waals surface area contributed by atoms with Crippen LogP contribution in [-0.4, -0.2) is 30.0 Å². The van der Waals surface area contributed by atoms with Crippen molar-refractivity contribution < 1.29 is 14.3 Å². The Bertz CT molecular complexity index is 861. The zero-order valence-corrected chi connectivity index (χ0v) is 13.9. The molecule has 3 rings (SSSR count). The number of benzene rings is 1. The normalized spacial score (nSPS) is 12.8. The maximum absolute atomic E-state index is 12.7. The molecule has 7 heteroatoms. The molecule has 0 N–H and O–H groups in total. The lowest BCUT2D eigenvalue weighted by Gasteiger charge is -2.18. The molecule has 1 aliphatic heterocycles. The van der Waals surface area contributed by atoms with Gasteiger partial charge in [-0.2, -0.15) is 5.26 Å². The Kier molecular flexibility index (Phi) is 4.28. The average molecular weight is 344 g/mol. The Balaban J connectivity index is 1.93. The highest BCUT2D eigenvalue weighted by Gasteiger charge is 2.33. The molecule has 0 saturated heterocycles. The SMILES string of the molecule is COc1ccc(CN2Cc3c(C#N)ncc(Cl)c3C2=O)c(OC)c1. The van der Waals surface area contributed by atoms with E-state index >= 15 is 0 Å². The van der Waals surface area contributed by atoms with Crippen LogP contribution < -0.4 is 9.47 Å². The second-order valence-corrected chi connectivity index (χ2v) is 5.67. The summed E-state index contributed by atoms with van der Waals surface area (Å²) in [6, 6.07) is 7.42. The highest BCUT2D eigenvalue weighted by molar-refractivity contribution is 6.34. The van der Waals surface area contributed by atoms with Crippen molar-refractivity contribution in [1.29, 1.82) is 5.26 Å². The van der Waals surface area contributed by atoms with Crippen LogP contribution in [0.15, 0.2) is 24.4 Å². The van der Waals surface area contributed by atoms with Crippen molar-refractivity contribution >= 4 is 17.5 Å². The standard InChI is InChI=1S/C17H14ClN3O3/c1-23-11-4-3-10(15(5-11)24-2)8-21-9-12-14(6-19)20-7-13(18)16(12)17(21)22/h3-5,7H,8-9H2,1-2H3. The largest absolute Gasteiger partial charge is 0.497 e. The molecule has 24 heavy (non-hydrogen) atoms. The van der Waals surface area contributed by atoms with Gasteiger partial charge in [0.1, 0.15) is 23.3 Å². The summed E-state index contributed by atoms with van der Waals surface area (Å²) in [6.07, 6.45) is 1.34. The third kappa shape index (κ3) is 2.63. The van der Waals surface area contributed by atoms with Crippen molar-refractivity contribution in [3.8, 4) is 17.6 Å². The van der Waals surface area contributed by atoms with Crippen molar-refractivity contribution in [3.05, 3.63) is 51.8 Å². The Morgan fingerprint density at radius 3 is 2.83 bits per heavy atom. The van der Waals surface area contributed by atoms with Gasteiger partial charge >= 0.3 is 0 Å². The lowest BCUT2D eigenvalue weighted by molar-refractivity contribution is 0.0766. The minimum Gasteiger partial charge on any atom is -0.497 e. The zero-order valence-electron chi connectivity index (χ0n) is 13.2. The van der Waals surface area contributed by atoms with Crippen LogP contribution in [0.4, 0.5) is 0 Å². The molecule has 2 aromatic rings. The molecular weight excluding hydrogens is 330 g/mol. The van der Waals surface area contributed by atoms with E-state index < -0.39 is 0 Å². The second-order valence-electron chi connectivity index (χ2n) is 5.26. The fraction of sp³-hybridized carbons (Fsp3) is 0.235. The number of hydrogen-bond acceptors (Lipinski definition) is 5. The van der Waals surface area contributed by atoms with Gasteiger partial charge in [-0.1, -0.05) is 11.6 Å². The Morgan fingerprint density at radius 1 is 1.38 bits per heavy atom. The van der Waals surface area contributed by atoms with Crippen LogP contribution in [0, 0.1) is 11.3 Å². The topological polar surface area (TPSA) is 75.5 Å². The van der Waals surface area contributed by atoms with E-state index in [2.05, 4.69) is 4.98 Å². The van der Waals surface area contributed by atoms with Crippen molar-refractivity contribution in [2.75, 3.05) is 14.2 Å². The third-order valence-electron chi connectivity index (χ3n) is 3.94. The molecule has 0 unspecified atom stereocenters. The molecule has 1 aromatic heterocycles. The van der Waals surface area contributed by atoms with Crippen molar-refractivity contribution in [2.24, 2.45) is 0 Å². The average Bonchev–Trinajstić information content (AvgIpc) is 2.93. The molecule has 122 valence electrons. The van der Waals surface area contributed by atoms with Gasteiger partial charge in [0, 0.05) is 29.9 Å². The summed E-state index contributed by atoms with van der Waals surface area (Å²) < 4.78 is 10.5. The number of nitrogens with zero attached hydrogens (tertiary/aromatic N) is 3. The molecule has 6 nitrogen and oxygen atoms in total. The van der Waals surface area contributed by atoms with Crippen molar-refractivity contribution in [1.82, 2.24) is 9.88 Å². The number of hydrogen-bond donors (Lipinski definition) is 0. The molecule has 0 atom stereocenters. The van der Waals surface area contributed by atoms with Gasteiger partial charge in [-0.15, -0.1) is 0 Å². The van der Waals surface area contributed by atoms with Gasteiger partial charge in [-0.25, -0.2) is 4.98 Å². The van der Waals surface area contributed by atoms with E-state index in [-0.39, 0.29) is 16.6 Å². The number of ether oxygens (including phenoxy) is 2. The van der Waals surface area contributed by atoms with Crippen LogP contribution in [0.1, 0.15) is 27.2 Å². The summed E-state index contributed by atoms with van der Waals surface area (Å²) in [4.78, 5) is 18.3. The van der Waals surface area contributed by atoms with Crippen LogP contribution in [0.2, 0.25) is 5.02 Å². The number of carbonyl (C=O) groups is 1. The highest BCUT2D eigenvalue weighted by atomic mass is 35.5. The van der Waals surface area contributed by atoms with Crippen LogP contribution in [0.25, 0.3) is 0 Å². The number of amides is 1. The van der Waals surface area contributed by atoms with Crippen LogP contribution >= 0.6 is 11.6 Å². The monoisotopic (exact) mass is 343 g/mol. The molecule has 1 aliphatic rings. The number of methoxy groups -OCH3 is 2. The van der Waals surface area contributed by atoms with Gasteiger partial charge in [0.05, 0.1) is 31.4 Å². The minimum absolute atomic E-state index is 0.216. The summed E-state index contributed by atoms with van der Waals surface area (Å²) in [7, 11) is 3.14. The molecule has 0 aliphatic carbocycles. The molecule has 2 heterocycles. The van der Waals surface area contributed by atoms with E-state index in [4.69, 9.17) is 21.1 Å². The Hall–Kier alpha value is -2.78. The molecule has 1 amide bonds. The van der Waals surface area contributed by atoms with Gasteiger partial charge in [-0.3, -0.25) is 4.79 Å². The van der Waals surface area contributed by atoms with E-state index in [1.807, 2.05) is 12.1 Å². The van der Waals surface area contributed by atoms with E-state index in [1.165, 1.54) is 6.20 Å². The molecule has 0 spiro atoms. The molecule has 0 saturated carbocycles. The van der Waals surface area contributed by atoms with E-state index in [0.29, 0.717) is 35.7 Å². The van der Waals surface area contributed by atoms with Gasteiger partial charge < -0.3 is 14.4 Å².